The summed E-state index contributed by atoms with van der Waals surface area (Å²) in [5.41, 5.74) is 5.65. The van der Waals surface area contributed by atoms with Crippen LogP contribution in [0, 0.1) is 5.92 Å². The molecule has 1 heterocycles. The normalized spacial score (nSPS) is 21.0. The molecule has 0 amide bonds. The third-order valence-corrected chi connectivity index (χ3v) is 3.65. The summed E-state index contributed by atoms with van der Waals surface area (Å²) in [5, 5.41) is 4.05. The van der Waals surface area contributed by atoms with E-state index in [-0.39, 0.29) is 17.6 Å². The Morgan fingerprint density at radius 1 is 1.35 bits per heavy atom. The number of ether oxygens (including phenoxy) is 1. The smallest absolute Gasteiger partial charge is 0.243 e. The zero-order chi connectivity index (χ0) is 12.5. The van der Waals surface area contributed by atoms with Crippen LogP contribution in [0.3, 0.4) is 0 Å². The molecule has 2 N–H and O–H groups in total. The third-order valence-electron chi connectivity index (χ3n) is 3.65. The fourth-order valence-electron chi connectivity index (χ4n) is 2.31. The van der Waals surface area contributed by atoms with Gasteiger partial charge in [-0.25, -0.2) is 0 Å². The summed E-state index contributed by atoms with van der Waals surface area (Å²) in [5.74, 6) is 1.45. The Labute approximate surface area is 102 Å². The van der Waals surface area contributed by atoms with Crippen LogP contribution in [0.1, 0.15) is 57.3 Å². The first-order valence-corrected chi connectivity index (χ1v) is 6.24. The fourth-order valence-corrected chi connectivity index (χ4v) is 2.31. The Bertz CT molecular complexity index is 370. The molecule has 5 heteroatoms. The lowest BCUT2D eigenvalue weighted by Gasteiger charge is -2.22. The largest absolute Gasteiger partial charge is 0.370 e. The van der Waals surface area contributed by atoms with Crippen LogP contribution in [0.2, 0.25) is 0 Å². The summed E-state index contributed by atoms with van der Waals surface area (Å²) in [6, 6.07) is -0.202. The Morgan fingerprint density at radius 2 is 2.00 bits per heavy atom. The highest BCUT2D eigenvalue weighted by molar-refractivity contribution is 5.05. The van der Waals surface area contributed by atoms with Gasteiger partial charge in [0.25, 0.3) is 0 Å². The second-order valence-corrected chi connectivity index (χ2v) is 5.13. The molecule has 96 valence electrons. The van der Waals surface area contributed by atoms with Gasteiger partial charge in [-0.1, -0.05) is 19.0 Å². The van der Waals surface area contributed by atoms with Crippen molar-refractivity contribution in [1.82, 2.24) is 10.1 Å². The molecule has 1 fully saturated rings. The molecule has 0 bridgehead atoms. The van der Waals surface area contributed by atoms with Crippen molar-refractivity contribution >= 4 is 0 Å². The average molecular weight is 239 g/mol. The van der Waals surface area contributed by atoms with E-state index in [4.69, 9.17) is 15.0 Å². The van der Waals surface area contributed by atoms with Crippen molar-refractivity contribution in [2.45, 2.75) is 51.2 Å². The topological polar surface area (TPSA) is 74.2 Å². The number of nitrogens with two attached hydrogens (primary N) is 1. The van der Waals surface area contributed by atoms with Crippen LogP contribution in [0.15, 0.2) is 4.52 Å². The molecule has 1 saturated carbocycles. The van der Waals surface area contributed by atoms with Crippen LogP contribution >= 0.6 is 0 Å². The van der Waals surface area contributed by atoms with Gasteiger partial charge in [0.2, 0.25) is 11.7 Å². The molecule has 1 aliphatic rings. The Morgan fingerprint density at radius 3 is 2.53 bits per heavy atom. The molecule has 1 aliphatic carbocycles. The van der Waals surface area contributed by atoms with Crippen molar-refractivity contribution in [2.75, 3.05) is 7.11 Å². The van der Waals surface area contributed by atoms with Crippen molar-refractivity contribution in [1.29, 1.82) is 0 Å². The number of nitrogens with zero attached hydrogens (tertiary/aromatic N) is 2. The maximum absolute atomic E-state index is 6.00. The predicted molar refractivity (Wildman–Crippen MR) is 63.2 cm³/mol. The van der Waals surface area contributed by atoms with Crippen LogP contribution in [-0.4, -0.2) is 17.3 Å². The molecule has 1 atom stereocenters. The van der Waals surface area contributed by atoms with Crippen molar-refractivity contribution in [2.24, 2.45) is 11.7 Å². The van der Waals surface area contributed by atoms with Crippen molar-refractivity contribution < 1.29 is 9.26 Å². The number of methoxy groups -OCH3 is 1. The van der Waals surface area contributed by atoms with E-state index in [0.717, 1.165) is 25.7 Å². The zero-order valence-electron chi connectivity index (χ0n) is 10.8. The first kappa shape index (κ1) is 12.5. The van der Waals surface area contributed by atoms with Gasteiger partial charge in [0.15, 0.2) is 0 Å². The molecular formula is C12H21N3O2. The molecule has 1 aromatic heterocycles. The van der Waals surface area contributed by atoms with E-state index >= 15 is 0 Å². The van der Waals surface area contributed by atoms with Crippen molar-refractivity contribution in [3.8, 4) is 0 Å². The first-order chi connectivity index (χ1) is 8.09. The summed E-state index contributed by atoms with van der Waals surface area (Å²) in [6.07, 6.45) is 4.21. The van der Waals surface area contributed by atoms with E-state index < -0.39 is 0 Å². The predicted octanol–water partition coefficient (Wildman–Crippen LogP) is 2.14. The molecule has 0 aromatic carbocycles. The molecule has 0 radical (unpaired) electrons. The van der Waals surface area contributed by atoms with Gasteiger partial charge in [-0.3, -0.25) is 0 Å². The Hall–Kier alpha value is -0.940. The molecule has 5 nitrogen and oxygen atoms in total. The lowest BCUT2D eigenvalue weighted by Crippen LogP contribution is -2.26. The second-order valence-electron chi connectivity index (χ2n) is 5.13. The van der Waals surface area contributed by atoms with Crippen LogP contribution in [0.25, 0.3) is 0 Å². The minimum atomic E-state index is -0.349. The lowest BCUT2D eigenvalue weighted by molar-refractivity contribution is -0.0178. The van der Waals surface area contributed by atoms with Gasteiger partial charge in [0.1, 0.15) is 5.60 Å². The van der Waals surface area contributed by atoms with Crippen molar-refractivity contribution in [3.63, 3.8) is 0 Å². The SMILES string of the molecule is COC1(c2noc([C@@H](N)C(C)C)n2)CCCC1. The van der Waals surface area contributed by atoms with Gasteiger partial charge >= 0.3 is 0 Å². The maximum atomic E-state index is 6.00. The van der Waals surface area contributed by atoms with Gasteiger partial charge in [-0.2, -0.15) is 4.98 Å². The monoisotopic (exact) mass is 239 g/mol. The molecule has 2 rings (SSSR count). The van der Waals surface area contributed by atoms with Crippen LogP contribution in [-0.2, 0) is 10.3 Å². The average Bonchev–Trinajstić information content (AvgIpc) is 2.97. The number of hydrogen-bond donors (Lipinski definition) is 1. The lowest BCUT2D eigenvalue weighted by atomic mass is 10.0. The quantitative estimate of drug-likeness (QED) is 0.871. The highest BCUT2D eigenvalue weighted by Gasteiger charge is 2.40. The molecule has 17 heavy (non-hydrogen) atoms. The van der Waals surface area contributed by atoms with Crippen LogP contribution < -0.4 is 5.73 Å². The molecule has 0 unspecified atom stereocenters. The van der Waals surface area contributed by atoms with E-state index in [9.17, 15) is 0 Å². The highest BCUT2D eigenvalue weighted by Crippen LogP contribution is 2.40. The molecule has 0 aliphatic heterocycles. The highest BCUT2D eigenvalue weighted by atomic mass is 16.5. The van der Waals surface area contributed by atoms with Gasteiger partial charge in [-0.15, -0.1) is 0 Å². The standard InChI is InChI=1S/C12H21N3O2/c1-8(2)9(13)10-14-11(15-17-10)12(16-3)6-4-5-7-12/h8-9H,4-7,13H2,1-3H3/t9-/m0/s1. The summed E-state index contributed by atoms with van der Waals surface area (Å²) in [7, 11) is 1.71. The third kappa shape index (κ3) is 2.21. The van der Waals surface area contributed by atoms with Crippen LogP contribution in [0.5, 0.6) is 0 Å². The maximum Gasteiger partial charge on any atom is 0.243 e. The van der Waals surface area contributed by atoms with E-state index in [1.165, 1.54) is 0 Å². The Balaban J connectivity index is 2.22. The second kappa shape index (κ2) is 4.74. The van der Waals surface area contributed by atoms with Crippen molar-refractivity contribution in [3.05, 3.63) is 11.7 Å². The zero-order valence-corrected chi connectivity index (χ0v) is 10.8. The summed E-state index contributed by atoms with van der Waals surface area (Å²) in [6.45, 7) is 4.08. The van der Waals surface area contributed by atoms with E-state index in [1.807, 2.05) is 13.8 Å². The number of aromatic nitrogens is 2. The van der Waals surface area contributed by atoms with Gasteiger partial charge in [0.05, 0.1) is 6.04 Å². The summed E-state index contributed by atoms with van der Waals surface area (Å²) >= 11 is 0. The summed E-state index contributed by atoms with van der Waals surface area (Å²) < 4.78 is 10.9. The first-order valence-electron chi connectivity index (χ1n) is 6.24. The minimum Gasteiger partial charge on any atom is -0.370 e. The molecule has 0 spiro atoms. The summed E-state index contributed by atoms with van der Waals surface area (Å²) in [4.78, 5) is 4.43. The van der Waals surface area contributed by atoms with E-state index in [2.05, 4.69) is 10.1 Å². The molecule has 0 saturated heterocycles. The minimum absolute atomic E-state index is 0.202. The Kier molecular flexibility index (Phi) is 3.49. The van der Waals surface area contributed by atoms with Gasteiger partial charge < -0.3 is 15.0 Å². The molecular weight excluding hydrogens is 218 g/mol. The number of hydrogen-bond acceptors (Lipinski definition) is 5. The van der Waals surface area contributed by atoms with E-state index in [1.54, 1.807) is 7.11 Å². The fraction of sp³-hybridized carbons (Fsp3) is 0.833. The van der Waals surface area contributed by atoms with Gasteiger partial charge in [0, 0.05) is 7.11 Å². The van der Waals surface area contributed by atoms with Crippen LogP contribution in [0.4, 0.5) is 0 Å². The molecule has 1 aromatic rings. The number of rotatable bonds is 4. The van der Waals surface area contributed by atoms with E-state index in [0.29, 0.717) is 11.7 Å². The van der Waals surface area contributed by atoms with Gasteiger partial charge in [-0.05, 0) is 31.6 Å².